The van der Waals surface area contributed by atoms with E-state index < -0.39 is 17.5 Å². The van der Waals surface area contributed by atoms with E-state index in [1.807, 2.05) is 6.07 Å². The molecular formula is C24H13F3N4OS2. The highest BCUT2D eigenvalue weighted by atomic mass is 32.2. The second-order valence-corrected chi connectivity index (χ2v) is 9.61. The fraction of sp³-hybridized carbons (Fsp3) is 0.0417. The molecule has 2 heterocycles. The summed E-state index contributed by atoms with van der Waals surface area (Å²) < 4.78 is 42.9. The average Bonchev–Trinajstić information content (AvgIpc) is 3.26. The van der Waals surface area contributed by atoms with Crippen molar-refractivity contribution in [1.29, 1.82) is 0 Å². The molecule has 0 atom stereocenters. The number of benzene rings is 3. The molecule has 34 heavy (non-hydrogen) atoms. The highest BCUT2D eigenvalue weighted by Crippen LogP contribution is 2.37. The molecule has 5 aromatic rings. The zero-order valence-electron chi connectivity index (χ0n) is 17.4. The second-order valence-electron chi connectivity index (χ2n) is 7.19. The third kappa shape index (κ3) is 4.17. The molecule has 0 aliphatic carbocycles. The van der Waals surface area contributed by atoms with Crippen LogP contribution in [0.25, 0.3) is 22.3 Å². The van der Waals surface area contributed by atoms with Crippen molar-refractivity contribution < 1.29 is 18.0 Å². The van der Waals surface area contributed by atoms with Crippen LogP contribution in [-0.4, -0.2) is 25.9 Å². The number of nitrogens with zero attached hydrogens (tertiary/aromatic N) is 4. The van der Waals surface area contributed by atoms with Crippen LogP contribution in [0.5, 0.6) is 0 Å². The zero-order chi connectivity index (χ0) is 23.8. The van der Waals surface area contributed by atoms with E-state index in [0.717, 1.165) is 28.9 Å². The van der Waals surface area contributed by atoms with Crippen LogP contribution < -0.4 is 0 Å². The molecule has 0 aliphatic heterocycles. The highest BCUT2D eigenvalue weighted by Gasteiger charge is 2.22. The quantitative estimate of drug-likeness (QED) is 0.212. The van der Waals surface area contributed by atoms with Crippen molar-refractivity contribution in [2.24, 2.45) is 0 Å². The second kappa shape index (κ2) is 8.96. The van der Waals surface area contributed by atoms with Crippen molar-refractivity contribution in [3.8, 4) is 11.3 Å². The predicted molar refractivity (Wildman–Crippen MR) is 123 cm³/mol. The molecule has 5 rings (SSSR count). The van der Waals surface area contributed by atoms with Gasteiger partial charge in [-0.05, 0) is 49.0 Å². The lowest BCUT2D eigenvalue weighted by Crippen LogP contribution is -2.03. The fourth-order valence-electron chi connectivity index (χ4n) is 3.29. The van der Waals surface area contributed by atoms with Crippen molar-refractivity contribution in [3.05, 3.63) is 94.2 Å². The number of halogens is 3. The topological polar surface area (TPSA) is 68.6 Å². The average molecular weight is 495 g/mol. The predicted octanol–water partition coefficient (Wildman–Crippen LogP) is 6.26. The number of hydrogen-bond donors (Lipinski definition) is 0. The van der Waals surface area contributed by atoms with Crippen LogP contribution in [0.4, 0.5) is 13.2 Å². The molecule has 0 bridgehead atoms. The Morgan fingerprint density at radius 1 is 0.853 bits per heavy atom. The first-order valence-electron chi connectivity index (χ1n) is 9.94. The number of carbonyl (C=O) groups excluding carboxylic acids is 1. The van der Waals surface area contributed by atoms with E-state index >= 15 is 0 Å². The molecule has 0 spiro atoms. The minimum atomic E-state index is -1.60. The van der Waals surface area contributed by atoms with Crippen LogP contribution in [0.1, 0.15) is 20.9 Å². The number of carbonyl (C=O) groups is 1. The lowest BCUT2D eigenvalue weighted by atomic mass is 10.0. The van der Waals surface area contributed by atoms with Crippen LogP contribution in [0.15, 0.2) is 70.0 Å². The van der Waals surface area contributed by atoms with E-state index in [4.69, 9.17) is 0 Å². The van der Waals surface area contributed by atoms with Gasteiger partial charge in [0.05, 0.1) is 11.0 Å². The Balaban J connectivity index is 1.68. The Labute approximate surface area is 199 Å². The minimum absolute atomic E-state index is 0.00561. The van der Waals surface area contributed by atoms with E-state index in [0.29, 0.717) is 26.5 Å². The fourth-order valence-corrected chi connectivity index (χ4v) is 5.12. The van der Waals surface area contributed by atoms with Gasteiger partial charge in [0.25, 0.3) is 0 Å². The summed E-state index contributed by atoms with van der Waals surface area (Å²) in [4.78, 5) is 22.0. The van der Waals surface area contributed by atoms with Gasteiger partial charge in [0.15, 0.2) is 27.6 Å². The van der Waals surface area contributed by atoms with Gasteiger partial charge in [-0.1, -0.05) is 41.7 Å². The van der Waals surface area contributed by atoms with Gasteiger partial charge in [0.1, 0.15) is 15.7 Å². The van der Waals surface area contributed by atoms with Gasteiger partial charge in [-0.15, -0.1) is 10.2 Å². The first-order valence-corrected chi connectivity index (χ1v) is 11.6. The third-order valence-corrected chi connectivity index (χ3v) is 6.78. The summed E-state index contributed by atoms with van der Waals surface area (Å²) in [5.41, 5.74) is 1.37. The van der Waals surface area contributed by atoms with Crippen molar-refractivity contribution in [3.63, 3.8) is 0 Å². The smallest absolute Gasteiger partial charge is 0.195 e. The van der Waals surface area contributed by atoms with Crippen molar-refractivity contribution in [2.75, 3.05) is 0 Å². The molecule has 10 heteroatoms. The Morgan fingerprint density at radius 3 is 2.38 bits per heavy atom. The largest absolute Gasteiger partial charge is 0.289 e. The Bertz CT molecular complexity index is 1560. The van der Waals surface area contributed by atoms with Gasteiger partial charge in [-0.3, -0.25) is 4.79 Å². The molecule has 0 radical (unpaired) electrons. The van der Waals surface area contributed by atoms with Crippen molar-refractivity contribution in [2.45, 2.75) is 16.3 Å². The maximum absolute atomic E-state index is 14.7. The van der Waals surface area contributed by atoms with Crippen LogP contribution in [0.3, 0.4) is 0 Å². The van der Waals surface area contributed by atoms with Gasteiger partial charge >= 0.3 is 0 Å². The number of hydrogen-bond acceptors (Lipinski definition) is 7. The standard InChI is InChI=1S/C24H13F3N4OS2/c1-12-30-31-24(33-12)34-23-21(15-8-9-16(25)20(27)19(15)26)28-18-11-14(7-10-17(18)29-23)22(32)13-5-3-2-4-6-13/h2-11H,1H3. The van der Waals surface area contributed by atoms with E-state index in [2.05, 4.69) is 20.2 Å². The molecule has 0 fully saturated rings. The molecule has 168 valence electrons. The molecule has 3 aromatic carbocycles. The SMILES string of the molecule is Cc1nnc(Sc2nc3ccc(C(=O)c4ccccc4)cc3nc2-c2ccc(F)c(F)c2F)s1. The number of ketones is 1. The van der Waals surface area contributed by atoms with Crippen molar-refractivity contribution in [1.82, 2.24) is 20.2 Å². The molecule has 2 aromatic heterocycles. The molecule has 0 N–H and O–H groups in total. The van der Waals surface area contributed by atoms with E-state index in [1.165, 1.54) is 11.3 Å². The maximum Gasteiger partial charge on any atom is 0.195 e. The first kappa shape index (κ1) is 22.2. The lowest BCUT2D eigenvalue weighted by Gasteiger charge is -2.11. The Kier molecular flexibility index (Phi) is 5.84. The summed E-state index contributed by atoms with van der Waals surface area (Å²) in [5.74, 6) is -4.50. The third-order valence-electron chi connectivity index (χ3n) is 4.91. The van der Waals surface area contributed by atoms with E-state index in [1.54, 1.807) is 49.4 Å². The number of fused-ring (bicyclic) bond motifs is 1. The van der Waals surface area contributed by atoms with Crippen LogP contribution >= 0.6 is 23.1 Å². The molecule has 5 nitrogen and oxygen atoms in total. The zero-order valence-corrected chi connectivity index (χ0v) is 19.1. The van der Waals surface area contributed by atoms with E-state index in [9.17, 15) is 18.0 Å². The first-order chi connectivity index (χ1) is 16.4. The van der Waals surface area contributed by atoms with Gasteiger partial charge in [-0.25, -0.2) is 23.1 Å². The summed E-state index contributed by atoms with van der Waals surface area (Å²) in [6, 6.07) is 15.5. The monoisotopic (exact) mass is 494 g/mol. The molecule has 0 aliphatic rings. The van der Waals surface area contributed by atoms with E-state index in [-0.39, 0.29) is 22.1 Å². The molecule has 0 saturated heterocycles. The molecule has 0 saturated carbocycles. The summed E-state index contributed by atoms with van der Waals surface area (Å²) >= 11 is 2.40. The summed E-state index contributed by atoms with van der Waals surface area (Å²) in [7, 11) is 0. The summed E-state index contributed by atoms with van der Waals surface area (Å²) in [6.45, 7) is 1.79. The summed E-state index contributed by atoms with van der Waals surface area (Å²) in [6.07, 6.45) is 0. The molecule has 0 amide bonds. The Hall–Kier alpha value is -3.63. The highest BCUT2D eigenvalue weighted by molar-refractivity contribution is 8.01. The number of rotatable bonds is 5. The number of aromatic nitrogens is 4. The molecular weight excluding hydrogens is 481 g/mol. The van der Waals surface area contributed by atoms with Crippen LogP contribution in [-0.2, 0) is 0 Å². The van der Waals surface area contributed by atoms with Gasteiger partial charge in [0, 0.05) is 16.7 Å². The van der Waals surface area contributed by atoms with Crippen LogP contribution in [0, 0.1) is 24.4 Å². The van der Waals surface area contributed by atoms with Gasteiger partial charge in [0.2, 0.25) is 0 Å². The lowest BCUT2D eigenvalue weighted by molar-refractivity contribution is 0.103. The van der Waals surface area contributed by atoms with Crippen LogP contribution in [0.2, 0.25) is 0 Å². The Morgan fingerprint density at radius 2 is 1.65 bits per heavy atom. The summed E-state index contributed by atoms with van der Waals surface area (Å²) in [5, 5.41) is 8.97. The van der Waals surface area contributed by atoms with Crippen molar-refractivity contribution >= 4 is 39.9 Å². The van der Waals surface area contributed by atoms with Gasteiger partial charge < -0.3 is 0 Å². The molecule has 0 unspecified atom stereocenters. The normalized spacial score (nSPS) is 11.2. The van der Waals surface area contributed by atoms with Gasteiger partial charge in [-0.2, -0.15) is 0 Å². The number of aryl methyl sites for hydroxylation is 1. The minimum Gasteiger partial charge on any atom is -0.289 e. The maximum atomic E-state index is 14.7.